The van der Waals surface area contributed by atoms with Gasteiger partial charge < -0.3 is 14.9 Å². The maximum Gasteiger partial charge on any atom is 0.349 e. The van der Waals surface area contributed by atoms with Crippen LogP contribution in [0.3, 0.4) is 0 Å². The van der Waals surface area contributed by atoms with Gasteiger partial charge in [-0.05, 0) is 12.1 Å². The number of phenolic OH excluding ortho intramolecular Hbond substituents is 1. The van der Waals surface area contributed by atoms with Gasteiger partial charge in [-0.25, -0.2) is 9.59 Å². The number of ether oxygens (including phenoxy) is 1. The Hall–Kier alpha value is -2.04. The van der Waals surface area contributed by atoms with Crippen LogP contribution in [0.2, 0.25) is 0 Å². The normalized spacial score (nSPS) is 18.9. The van der Waals surface area contributed by atoms with E-state index in [0.717, 1.165) is 0 Å². The number of esters is 1. The van der Waals surface area contributed by atoms with Gasteiger partial charge in [0.1, 0.15) is 5.75 Å². The molecular weight excluding hydrogens is 188 g/mol. The van der Waals surface area contributed by atoms with Crippen LogP contribution in [0.1, 0.15) is 22.0 Å². The molecule has 1 unspecified atom stereocenters. The number of hydrogen-bond acceptors (Lipinski definition) is 4. The molecule has 0 saturated carbocycles. The number of cyclic esters (lactones) is 1. The number of hydrogen-bond donors (Lipinski definition) is 2. The Balaban J connectivity index is 2.55. The van der Waals surface area contributed by atoms with E-state index in [2.05, 4.69) is 4.74 Å². The van der Waals surface area contributed by atoms with Crippen molar-refractivity contribution >= 4 is 11.9 Å². The number of phenols is 1. The van der Waals surface area contributed by atoms with Crippen LogP contribution in [0.25, 0.3) is 0 Å². The van der Waals surface area contributed by atoms with Crippen LogP contribution in [0.5, 0.6) is 5.75 Å². The number of aliphatic carboxylic acids is 1. The van der Waals surface area contributed by atoms with Crippen molar-refractivity contribution in [3.63, 3.8) is 0 Å². The van der Waals surface area contributed by atoms with Gasteiger partial charge in [0, 0.05) is 5.56 Å². The highest BCUT2D eigenvalue weighted by atomic mass is 16.6. The number of carboxylic acids is 1. The quantitative estimate of drug-likeness (QED) is 0.642. The molecule has 5 nitrogen and oxygen atoms in total. The molecule has 0 fully saturated rings. The highest BCUT2D eigenvalue weighted by molar-refractivity contribution is 5.98. The summed E-state index contributed by atoms with van der Waals surface area (Å²) in [6.45, 7) is 0. The Morgan fingerprint density at radius 1 is 1.43 bits per heavy atom. The van der Waals surface area contributed by atoms with Gasteiger partial charge in [-0.3, -0.25) is 0 Å². The van der Waals surface area contributed by atoms with Crippen LogP contribution in [0, 0.1) is 0 Å². The van der Waals surface area contributed by atoms with Crippen molar-refractivity contribution in [2.24, 2.45) is 0 Å². The number of carbonyl (C=O) groups excluding carboxylic acids is 1. The smallest absolute Gasteiger partial charge is 0.349 e. The van der Waals surface area contributed by atoms with Crippen molar-refractivity contribution in [2.45, 2.75) is 6.10 Å². The van der Waals surface area contributed by atoms with Gasteiger partial charge in [0.15, 0.2) is 0 Å². The number of rotatable bonds is 1. The van der Waals surface area contributed by atoms with Crippen LogP contribution in [0.4, 0.5) is 0 Å². The summed E-state index contributed by atoms with van der Waals surface area (Å²) in [7, 11) is 0. The maximum atomic E-state index is 11.1. The lowest BCUT2D eigenvalue weighted by Gasteiger charge is -2.03. The highest BCUT2D eigenvalue weighted by Crippen LogP contribution is 2.32. The molecule has 0 saturated heterocycles. The summed E-state index contributed by atoms with van der Waals surface area (Å²) < 4.78 is 4.60. The van der Waals surface area contributed by atoms with Gasteiger partial charge in [0.25, 0.3) is 0 Å². The van der Waals surface area contributed by atoms with Gasteiger partial charge in [-0.1, -0.05) is 6.07 Å². The predicted octanol–water partition coefficient (Wildman–Crippen LogP) is 0.688. The average molecular weight is 194 g/mol. The molecule has 14 heavy (non-hydrogen) atoms. The van der Waals surface area contributed by atoms with Gasteiger partial charge >= 0.3 is 11.9 Å². The molecule has 1 aliphatic heterocycles. The minimum Gasteiger partial charge on any atom is -0.508 e. The SMILES string of the molecule is O=C1OC(C(=O)O)c2ccc(O)cc21. The second-order valence-corrected chi connectivity index (χ2v) is 2.90. The Labute approximate surface area is 78.5 Å². The summed E-state index contributed by atoms with van der Waals surface area (Å²) in [6, 6.07) is 3.88. The standard InChI is InChI=1S/C9H6O5/c10-4-1-2-5-6(3-4)9(13)14-7(5)8(11)12/h1-3,7,10H,(H,11,12). The minimum absolute atomic E-state index is 0.0910. The molecule has 2 rings (SSSR count). The van der Waals surface area contributed by atoms with Crippen molar-refractivity contribution in [2.75, 3.05) is 0 Å². The first-order valence-electron chi connectivity index (χ1n) is 3.86. The molecule has 2 N–H and O–H groups in total. The zero-order valence-electron chi connectivity index (χ0n) is 6.93. The molecule has 5 heteroatoms. The van der Waals surface area contributed by atoms with E-state index in [-0.39, 0.29) is 16.9 Å². The average Bonchev–Trinajstić information content (AvgIpc) is 2.44. The zero-order chi connectivity index (χ0) is 10.3. The first kappa shape index (κ1) is 8.55. The van der Waals surface area contributed by atoms with E-state index in [1.807, 2.05) is 0 Å². The Kier molecular flexibility index (Phi) is 1.67. The molecule has 1 aromatic rings. The number of benzene rings is 1. The Bertz CT molecular complexity index is 423. The van der Waals surface area contributed by atoms with Crippen LogP contribution in [-0.4, -0.2) is 22.2 Å². The summed E-state index contributed by atoms with van der Waals surface area (Å²) in [4.78, 5) is 21.8. The van der Waals surface area contributed by atoms with Crippen molar-refractivity contribution in [1.82, 2.24) is 0 Å². The minimum atomic E-state index is -1.25. The molecule has 1 aromatic carbocycles. The number of carbonyl (C=O) groups is 2. The van der Waals surface area contributed by atoms with E-state index in [1.54, 1.807) is 0 Å². The Morgan fingerprint density at radius 2 is 2.14 bits per heavy atom. The summed E-state index contributed by atoms with van der Waals surface area (Å²) in [5.74, 6) is -2.03. The lowest BCUT2D eigenvalue weighted by Crippen LogP contribution is -2.10. The molecule has 1 heterocycles. The molecule has 1 atom stereocenters. The van der Waals surface area contributed by atoms with Gasteiger partial charge in [0.2, 0.25) is 6.10 Å². The van der Waals surface area contributed by atoms with E-state index in [4.69, 9.17) is 10.2 Å². The van der Waals surface area contributed by atoms with Crippen molar-refractivity contribution in [3.8, 4) is 5.75 Å². The summed E-state index contributed by atoms with van der Waals surface area (Å²) >= 11 is 0. The largest absolute Gasteiger partial charge is 0.508 e. The number of carboxylic acid groups (broad SMARTS) is 1. The summed E-state index contributed by atoms with van der Waals surface area (Å²) in [5, 5.41) is 17.8. The molecule has 0 radical (unpaired) electrons. The number of fused-ring (bicyclic) bond motifs is 1. The maximum absolute atomic E-state index is 11.1. The fourth-order valence-corrected chi connectivity index (χ4v) is 1.37. The number of aromatic hydroxyl groups is 1. The second-order valence-electron chi connectivity index (χ2n) is 2.90. The summed E-state index contributed by atoms with van der Waals surface area (Å²) in [6.07, 6.45) is -1.25. The monoisotopic (exact) mass is 194 g/mol. The molecular formula is C9H6O5. The third-order valence-corrected chi connectivity index (χ3v) is 1.99. The molecule has 1 aliphatic rings. The van der Waals surface area contributed by atoms with E-state index in [9.17, 15) is 9.59 Å². The second kappa shape index (κ2) is 2.73. The van der Waals surface area contributed by atoms with Crippen LogP contribution in [0.15, 0.2) is 18.2 Å². The van der Waals surface area contributed by atoms with Crippen molar-refractivity contribution < 1.29 is 24.5 Å². The fraction of sp³-hybridized carbons (Fsp3) is 0.111. The molecule has 0 spiro atoms. The first-order valence-corrected chi connectivity index (χ1v) is 3.86. The van der Waals surface area contributed by atoms with Gasteiger partial charge in [0.05, 0.1) is 5.56 Å². The van der Waals surface area contributed by atoms with Crippen LogP contribution >= 0.6 is 0 Å². The van der Waals surface area contributed by atoms with Crippen molar-refractivity contribution in [1.29, 1.82) is 0 Å². The summed E-state index contributed by atoms with van der Waals surface area (Å²) in [5.41, 5.74) is 0.387. The van der Waals surface area contributed by atoms with Gasteiger partial charge in [-0.15, -0.1) is 0 Å². The zero-order valence-corrected chi connectivity index (χ0v) is 6.93. The molecule has 0 bridgehead atoms. The molecule has 0 aromatic heterocycles. The first-order chi connectivity index (χ1) is 6.59. The van der Waals surface area contributed by atoms with Gasteiger partial charge in [-0.2, -0.15) is 0 Å². The highest BCUT2D eigenvalue weighted by Gasteiger charge is 2.36. The van der Waals surface area contributed by atoms with E-state index < -0.39 is 18.0 Å². The molecule has 0 amide bonds. The third kappa shape index (κ3) is 1.10. The molecule has 72 valence electrons. The van der Waals surface area contributed by atoms with E-state index >= 15 is 0 Å². The van der Waals surface area contributed by atoms with Crippen LogP contribution < -0.4 is 0 Å². The van der Waals surface area contributed by atoms with Crippen LogP contribution in [-0.2, 0) is 9.53 Å². The lowest BCUT2D eigenvalue weighted by molar-refractivity contribution is -0.146. The molecule has 0 aliphatic carbocycles. The predicted molar refractivity (Wildman–Crippen MR) is 43.9 cm³/mol. The Morgan fingerprint density at radius 3 is 2.79 bits per heavy atom. The fourth-order valence-electron chi connectivity index (χ4n) is 1.37. The lowest BCUT2D eigenvalue weighted by atomic mass is 10.1. The van der Waals surface area contributed by atoms with E-state index in [1.165, 1.54) is 18.2 Å². The van der Waals surface area contributed by atoms with E-state index in [0.29, 0.717) is 0 Å². The third-order valence-electron chi connectivity index (χ3n) is 1.99. The topological polar surface area (TPSA) is 83.8 Å². The van der Waals surface area contributed by atoms with Crippen molar-refractivity contribution in [3.05, 3.63) is 29.3 Å².